The Balaban J connectivity index is 2.06. The summed E-state index contributed by atoms with van der Waals surface area (Å²) in [6, 6.07) is 5.73. The molecule has 2 aliphatic heterocycles. The SMILES string of the molecule is CC(=O)OC[C@H]1O[C@@](COC(C)=O)(O[C@H]2O[C@H](COC(C)=O)[C@@H](OC(C)=O)[C@H](O)[C@H]2OC(C)=O)[C@@H](OC(=O)C=Cc2ccc(O)cc2)[C@@H]1O. The number of aromatic hydroxyl groups is 1. The largest absolute Gasteiger partial charge is 0.508 e. The van der Waals surface area contributed by atoms with Crippen LogP contribution < -0.4 is 0 Å². The molecule has 0 spiro atoms. The van der Waals surface area contributed by atoms with E-state index in [1.165, 1.54) is 30.3 Å². The van der Waals surface area contributed by atoms with Crippen molar-refractivity contribution < 1.29 is 86.7 Å². The third-order valence-electron chi connectivity index (χ3n) is 6.94. The molecule has 0 unspecified atom stereocenters. The predicted molar refractivity (Wildman–Crippen MR) is 157 cm³/mol. The Hall–Kier alpha value is -4.62. The van der Waals surface area contributed by atoms with Gasteiger partial charge in [0.15, 0.2) is 18.3 Å². The molecule has 2 saturated heterocycles. The standard InChI is InChI=1S/C31H38O18/c1-15(32)41-12-22-25(39)29(47-24(38)11-8-20-6-9-21(37)10-7-20)31(48-22,14-43-17(3)34)49-30-28(45-19(5)36)26(40)27(44-18(4)35)23(46-30)13-42-16(2)33/h6-11,22-23,25-30,37,39-40H,12-14H2,1-5H3/t22-,23-,25-,26+,27-,28-,29+,30-,31+/m1/s1. The van der Waals surface area contributed by atoms with Crippen LogP contribution in [0.25, 0.3) is 6.08 Å². The molecule has 1 aromatic rings. The van der Waals surface area contributed by atoms with Gasteiger partial charge in [0.25, 0.3) is 0 Å². The number of phenolic OH excluding ortho intramolecular Hbond substituents is 1. The molecule has 2 fully saturated rings. The molecule has 0 radical (unpaired) electrons. The van der Waals surface area contributed by atoms with Crippen molar-refractivity contribution in [2.45, 2.75) is 89.4 Å². The van der Waals surface area contributed by atoms with Crippen LogP contribution in [0.4, 0.5) is 0 Å². The lowest BCUT2D eigenvalue weighted by Crippen LogP contribution is -2.65. The molecule has 3 rings (SSSR count). The van der Waals surface area contributed by atoms with E-state index in [4.69, 9.17) is 42.6 Å². The molecule has 0 amide bonds. The number of ether oxygens (including phenoxy) is 9. The minimum Gasteiger partial charge on any atom is -0.508 e. The highest BCUT2D eigenvalue weighted by Gasteiger charge is 2.63. The summed E-state index contributed by atoms with van der Waals surface area (Å²) >= 11 is 0. The zero-order valence-corrected chi connectivity index (χ0v) is 27.2. The second-order valence-electron chi connectivity index (χ2n) is 10.9. The van der Waals surface area contributed by atoms with E-state index in [9.17, 15) is 44.1 Å². The van der Waals surface area contributed by atoms with Gasteiger partial charge in [-0.3, -0.25) is 24.0 Å². The minimum atomic E-state index is -2.51. The van der Waals surface area contributed by atoms with Gasteiger partial charge in [0.2, 0.25) is 12.1 Å². The van der Waals surface area contributed by atoms with Crippen molar-refractivity contribution in [2.24, 2.45) is 0 Å². The second-order valence-corrected chi connectivity index (χ2v) is 10.9. The third kappa shape index (κ3) is 10.9. The highest BCUT2D eigenvalue weighted by molar-refractivity contribution is 5.87. The normalized spacial score (nSPS) is 29.4. The Morgan fingerprint density at radius 3 is 1.84 bits per heavy atom. The van der Waals surface area contributed by atoms with E-state index in [0.717, 1.165) is 40.7 Å². The maximum absolute atomic E-state index is 13.1. The second kappa shape index (κ2) is 17.2. The Morgan fingerprint density at radius 2 is 1.29 bits per heavy atom. The van der Waals surface area contributed by atoms with E-state index in [1.807, 2.05) is 0 Å². The fourth-order valence-electron chi connectivity index (χ4n) is 4.88. The van der Waals surface area contributed by atoms with Crippen LogP contribution in [0.3, 0.4) is 0 Å². The number of phenols is 1. The number of benzene rings is 1. The van der Waals surface area contributed by atoms with Crippen molar-refractivity contribution in [3.8, 4) is 5.75 Å². The molecule has 1 aromatic carbocycles. The zero-order chi connectivity index (χ0) is 36.5. The molecule has 0 aliphatic carbocycles. The minimum absolute atomic E-state index is 0.0199. The lowest BCUT2D eigenvalue weighted by atomic mass is 9.98. The van der Waals surface area contributed by atoms with Gasteiger partial charge in [-0.15, -0.1) is 0 Å². The third-order valence-corrected chi connectivity index (χ3v) is 6.94. The number of aliphatic hydroxyl groups is 2. The van der Waals surface area contributed by atoms with Crippen LogP contribution in [0.15, 0.2) is 30.3 Å². The molecule has 3 N–H and O–H groups in total. The molecule has 270 valence electrons. The number of rotatable bonds is 13. The number of esters is 6. The van der Waals surface area contributed by atoms with Crippen LogP contribution >= 0.6 is 0 Å². The average Bonchev–Trinajstić information content (AvgIpc) is 3.26. The van der Waals surface area contributed by atoms with Gasteiger partial charge in [0.1, 0.15) is 50.0 Å². The summed E-state index contributed by atoms with van der Waals surface area (Å²) in [7, 11) is 0. The van der Waals surface area contributed by atoms with E-state index in [0.29, 0.717) is 5.56 Å². The molecule has 18 nitrogen and oxygen atoms in total. The summed E-state index contributed by atoms with van der Waals surface area (Å²) < 4.78 is 49.1. The summed E-state index contributed by atoms with van der Waals surface area (Å²) in [6.07, 6.45) is -11.6. The van der Waals surface area contributed by atoms with Gasteiger partial charge >= 0.3 is 35.8 Å². The van der Waals surface area contributed by atoms with E-state index in [-0.39, 0.29) is 5.75 Å². The fourth-order valence-corrected chi connectivity index (χ4v) is 4.88. The van der Waals surface area contributed by atoms with Crippen LogP contribution in [0.2, 0.25) is 0 Å². The van der Waals surface area contributed by atoms with Crippen LogP contribution in [-0.2, 0) is 71.4 Å². The first kappa shape index (κ1) is 38.8. The topological polar surface area (TPSA) is 246 Å². The van der Waals surface area contributed by atoms with Gasteiger partial charge < -0.3 is 58.0 Å². The van der Waals surface area contributed by atoms with E-state index in [2.05, 4.69) is 0 Å². The number of aliphatic hydroxyl groups excluding tert-OH is 2. The molecule has 49 heavy (non-hydrogen) atoms. The molecule has 9 atom stereocenters. The highest BCUT2D eigenvalue weighted by Crippen LogP contribution is 2.40. The predicted octanol–water partition coefficient (Wildman–Crippen LogP) is -0.572. The summed E-state index contributed by atoms with van der Waals surface area (Å²) in [5.41, 5.74) is 0.475. The molecule has 2 aliphatic rings. The fraction of sp³-hybridized carbons (Fsp3) is 0.548. The monoisotopic (exact) mass is 698 g/mol. The molecule has 0 aromatic heterocycles. The summed E-state index contributed by atoms with van der Waals surface area (Å²) in [5, 5.41) is 32.1. The van der Waals surface area contributed by atoms with Gasteiger partial charge in [-0.2, -0.15) is 0 Å². The lowest BCUT2D eigenvalue weighted by molar-refractivity contribution is -0.384. The van der Waals surface area contributed by atoms with Crippen molar-refractivity contribution in [2.75, 3.05) is 19.8 Å². The van der Waals surface area contributed by atoms with Gasteiger partial charge in [-0.25, -0.2) is 4.79 Å². The molecular weight excluding hydrogens is 660 g/mol. The van der Waals surface area contributed by atoms with Gasteiger partial charge in [0, 0.05) is 40.7 Å². The summed E-state index contributed by atoms with van der Waals surface area (Å²) in [6.45, 7) is 3.07. The number of hydrogen-bond acceptors (Lipinski definition) is 18. The maximum atomic E-state index is 13.1. The Labute approximate surface area is 279 Å². The van der Waals surface area contributed by atoms with E-state index >= 15 is 0 Å². The van der Waals surface area contributed by atoms with Gasteiger partial charge in [-0.1, -0.05) is 12.1 Å². The molecule has 0 saturated carbocycles. The molecule has 18 heteroatoms. The lowest BCUT2D eigenvalue weighted by Gasteiger charge is -2.45. The van der Waals surface area contributed by atoms with Crippen molar-refractivity contribution in [1.29, 1.82) is 0 Å². The van der Waals surface area contributed by atoms with Crippen molar-refractivity contribution in [3.05, 3.63) is 35.9 Å². The van der Waals surface area contributed by atoms with Gasteiger partial charge in [0.05, 0.1) is 0 Å². The van der Waals surface area contributed by atoms with Crippen LogP contribution in [0.1, 0.15) is 40.2 Å². The average molecular weight is 699 g/mol. The number of carbonyl (C=O) groups is 6. The van der Waals surface area contributed by atoms with Crippen LogP contribution in [0.5, 0.6) is 5.75 Å². The van der Waals surface area contributed by atoms with E-state index in [1.54, 1.807) is 0 Å². The first-order valence-electron chi connectivity index (χ1n) is 14.8. The quantitative estimate of drug-likeness (QED) is 0.133. The Bertz CT molecular complexity index is 1390. The smallest absolute Gasteiger partial charge is 0.331 e. The van der Waals surface area contributed by atoms with Crippen molar-refractivity contribution >= 4 is 41.9 Å². The van der Waals surface area contributed by atoms with Crippen LogP contribution in [0, 0.1) is 0 Å². The molecular formula is C31H38O18. The summed E-state index contributed by atoms with van der Waals surface area (Å²) in [4.78, 5) is 72.3. The Kier molecular flexibility index (Phi) is 13.6. The molecule has 2 heterocycles. The van der Waals surface area contributed by atoms with Crippen LogP contribution in [-0.4, -0.2) is 126 Å². The van der Waals surface area contributed by atoms with Gasteiger partial charge in [-0.05, 0) is 23.8 Å². The Morgan fingerprint density at radius 1 is 0.735 bits per heavy atom. The number of hydrogen-bond donors (Lipinski definition) is 3. The zero-order valence-electron chi connectivity index (χ0n) is 27.2. The first-order chi connectivity index (χ1) is 23.0. The molecule has 0 bridgehead atoms. The maximum Gasteiger partial charge on any atom is 0.331 e. The van der Waals surface area contributed by atoms with Crippen molar-refractivity contribution in [3.63, 3.8) is 0 Å². The van der Waals surface area contributed by atoms with Crippen molar-refractivity contribution in [1.82, 2.24) is 0 Å². The first-order valence-corrected chi connectivity index (χ1v) is 14.8. The highest BCUT2D eigenvalue weighted by atomic mass is 16.8. The number of carbonyl (C=O) groups excluding carboxylic acids is 6. The summed E-state index contributed by atoms with van der Waals surface area (Å²) in [5.74, 6) is -7.87. The van der Waals surface area contributed by atoms with E-state index < -0.39 is 110 Å².